The van der Waals surface area contributed by atoms with Crippen molar-refractivity contribution in [1.29, 1.82) is 0 Å². The number of hydrogen-bond donors (Lipinski definition) is 2. The van der Waals surface area contributed by atoms with Crippen molar-refractivity contribution in [2.75, 3.05) is 36.4 Å². The maximum Gasteiger partial charge on any atom is 0.225 e. The van der Waals surface area contributed by atoms with Gasteiger partial charge < -0.3 is 15.1 Å². The average Bonchev–Trinajstić information content (AvgIpc) is 3.02. The Balaban J connectivity index is 1.36. The largest absolute Gasteiger partial charge is 0.330 e. The minimum atomic E-state index is 0.786. The van der Waals surface area contributed by atoms with E-state index in [2.05, 4.69) is 44.3 Å². The molecule has 9 heteroatoms. The molecule has 3 aromatic rings. The van der Waals surface area contributed by atoms with Gasteiger partial charge in [0.15, 0.2) is 10.6 Å². The van der Waals surface area contributed by atoms with Crippen LogP contribution in [0.4, 0.5) is 16.8 Å². The monoisotopic (exact) mass is 400 g/mol. The Kier molecular flexibility index (Phi) is 5.42. The summed E-state index contributed by atoms with van der Waals surface area (Å²) >= 11 is 7.03. The molecule has 1 saturated heterocycles. The quantitative estimate of drug-likeness (QED) is 0.638. The number of aryl methyl sites for hydroxylation is 1. The number of benzene rings is 1. The molecule has 0 amide bonds. The van der Waals surface area contributed by atoms with E-state index in [0.717, 1.165) is 53.6 Å². The minimum Gasteiger partial charge on any atom is -0.330 e. The first-order valence-electron chi connectivity index (χ1n) is 8.94. The molecule has 27 heavy (non-hydrogen) atoms. The predicted molar refractivity (Wildman–Crippen MR) is 110 cm³/mol. The highest BCUT2D eigenvalue weighted by Gasteiger charge is 2.22. The summed E-state index contributed by atoms with van der Waals surface area (Å²) in [6, 6.07) is 10.1. The first-order chi connectivity index (χ1) is 13.2. The fourth-order valence-corrected chi connectivity index (χ4v) is 4.18. The molecule has 1 aliphatic heterocycles. The van der Waals surface area contributed by atoms with Crippen LogP contribution in [0, 0.1) is 10.9 Å². The SMILES string of the molecule is Cc1cccc(Nc2nn(C[NH+]3CCN(c4ncccn4)CC3)c(=S)s2)c1. The van der Waals surface area contributed by atoms with Crippen LogP contribution in [-0.4, -0.2) is 45.9 Å². The molecule has 0 aliphatic carbocycles. The van der Waals surface area contributed by atoms with Crippen molar-refractivity contribution in [2.45, 2.75) is 13.6 Å². The Morgan fingerprint density at radius 2 is 1.96 bits per heavy atom. The smallest absolute Gasteiger partial charge is 0.225 e. The molecule has 1 aromatic carbocycles. The van der Waals surface area contributed by atoms with Crippen LogP contribution in [0.15, 0.2) is 42.7 Å². The standard InChI is InChI=1S/C18H21N7S2/c1-14-4-2-5-15(12-14)21-17-22-25(18(26)27-17)13-23-8-10-24(11-9-23)16-19-6-3-7-20-16/h2-7,12H,8-11,13H2,1H3,(H,21,22)/p+1. The van der Waals surface area contributed by atoms with Gasteiger partial charge in [0, 0.05) is 18.1 Å². The van der Waals surface area contributed by atoms with Gasteiger partial charge in [-0.15, -0.1) is 5.10 Å². The maximum absolute atomic E-state index is 5.52. The Hall–Kier alpha value is -2.36. The highest BCUT2D eigenvalue weighted by Crippen LogP contribution is 2.20. The molecular formula is C18H22N7S2+. The highest BCUT2D eigenvalue weighted by atomic mass is 32.1. The maximum atomic E-state index is 5.52. The predicted octanol–water partition coefficient (Wildman–Crippen LogP) is 1.88. The van der Waals surface area contributed by atoms with E-state index in [1.807, 2.05) is 22.9 Å². The molecule has 1 aliphatic rings. The van der Waals surface area contributed by atoms with Crippen molar-refractivity contribution >= 4 is 40.3 Å². The van der Waals surface area contributed by atoms with Crippen LogP contribution >= 0.6 is 23.6 Å². The van der Waals surface area contributed by atoms with Gasteiger partial charge in [0.1, 0.15) is 0 Å². The first kappa shape index (κ1) is 18.0. The summed E-state index contributed by atoms with van der Waals surface area (Å²) in [4.78, 5) is 12.4. The van der Waals surface area contributed by atoms with Gasteiger partial charge in [0.05, 0.1) is 26.2 Å². The van der Waals surface area contributed by atoms with E-state index in [1.54, 1.807) is 12.4 Å². The molecule has 1 fully saturated rings. The molecule has 0 bridgehead atoms. The van der Waals surface area contributed by atoms with E-state index < -0.39 is 0 Å². The van der Waals surface area contributed by atoms with E-state index in [1.165, 1.54) is 21.8 Å². The third-order valence-electron chi connectivity index (χ3n) is 4.55. The number of rotatable bonds is 5. The Labute approximate surface area is 167 Å². The molecule has 0 saturated carbocycles. The molecule has 2 aromatic heterocycles. The lowest BCUT2D eigenvalue weighted by Gasteiger charge is -2.31. The van der Waals surface area contributed by atoms with E-state index in [0.29, 0.717) is 0 Å². The molecule has 0 atom stereocenters. The van der Waals surface area contributed by atoms with Crippen molar-refractivity contribution in [3.63, 3.8) is 0 Å². The second-order valence-corrected chi connectivity index (χ2v) is 8.23. The Bertz CT molecular complexity index is 946. The zero-order valence-electron chi connectivity index (χ0n) is 15.1. The topological polar surface area (TPSA) is 63.3 Å². The molecule has 7 nitrogen and oxygen atoms in total. The van der Waals surface area contributed by atoms with Crippen LogP contribution in [-0.2, 0) is 6.67 Å². The lowest BCUT2D eigenvalue weighted by molar-refractivity contribution is -0.924. The van der Waals surface area contributed by atoms with E-state index in [9.17, 15) is 0 Å². The average molecular weight is 401 g/mol. The second-order valence-electron chi connectivity index (χ2n) is 6.61. The number of piperazine rings is 1. The van der Waals surface area contributed by atoms with E-state index in [4.69, 9.17) is 12.2 Å². The van der Waals surface area contributed by atoms with Gasteiger partial charge in [0.2, 0.25) is 11.1 Å². The van der Waals surface area contributed by atoms with Gasteiger partial charge in [-0.2, -0.15) is 4.68 Å². The summed E-state index contributed by atoms with van der Waals surface area (Å²) in [6.07, 6.45) is 3.58. The van der Waals surface area contributed by atoms with Crippen LogP contribution in [0.1, 0.15) is 5.56 Å². The summed E-state index contributed by atoms with van der Waals surface area (Å²) in [5, 5.41) is 8.86. The van der Waals surface area contributed by atoms with Crippen molar-refractivity contribution in [3.05, 3.63) is 52.2 Å². The molecular weight excluding hydrogens is 378 g/mol. The fourth-order valence-electron chi connectivity index (χ4n) is 3.15. The second kappa shape index (κ2) is 8.12. The van der Waals surface area contributed by atoms with Crippen molar-refractivity contribution < 1.29 is 4.90 Å². The van der Waals surface area contributed by atoms with Gasteiger partial charge in [-0.25, -0.2) is 9.97 Å². The number of nitrogens with one attached hydrogen (secondary N) is 2. The number of quaternary nitrogens is 1. The normalized spacial score (nSPS) is 15.1. The van der Waals surface area contributed by atoms with Gasteiger partial charge in [-0.3, -0.25) is 0 Å². The molecule has 2 N–H and O–H groups in total. The van der Waals surface area contributed by atoms with Crippen molar-refractivity contribution in [1.82, 2.24) is 19.7 Å². The van der Waals surface area contributed by atoms with Gasteiger partial charge in [-0.05, 0) is 42.9 Å². The number of aromatic nitrogens is 4. The van der Waals surface area contributed by atoms with Gasteiger partial charge in [0.25, 0.3) is 0 Å². The zero-order chi connectivity index (χ0) is 18.6. The third kappa shape index (κ3) is 4.49. The van der Waals surface area contributed by atoms with Crippen LogP contribution in [0.25, 0.3) is 0 Å². The summed E-state index contributed by atoms with van der Waals surface area (Å²) in [6.45, 7) is 6.76. The van der Waals surface area contributed by atoms with Crippen LogP contribution in [0.3, 0.4) is 0 Å². The fraction of sp³-hybridized carbons (Fsp3) is 0.333. The molecule has 0 radical (unpaired) electrons. The summed E-state index contributed by atoms with van der Waals surface area (Å²) < 4.78 is 2.73. The van der Waals surface area contributed by atoms with E-state index >= 15 is 0 Å². The van der Waals surface area contributed by atoms with Crippen molar-refractivity contribution in [3.8, 4) is 0 Å². The van der Waals surface area contributed by atoms with E-state index in [-0.39, 0.29) is 0 Å². The van der Waals surface area contributed by atoms with Crippen LogP contribution in [0.2, 0.25) is 0 Å². The van der Waals surface area contributed by atoms with Gasteiger partial charge in [-0.1, -0.05) is 23.5 Å². The first-order valence-corrected chi connectivity index (χ1v) is 10.2. The third-order valence-corrected chi connectivity index (χ3v) is 5.78. The Morgan fingerprint density at radius 3 is 2.70 bits per heavy atom. The summed E-state index contributed by atoms with van der Waals surface area (Å²) in [7, 11) is 0. The van der Waals surface area contributed by atoms with Crippen LogP contribution < -0.4 is 15.1 Å². The summed E-state index contributed by atoms with van der Waals surface area (Å²) in [5.41, 5.74) is 2.25. The number of anilines is 3. The van der Waals surface area contributed by atoms with Crippen LogP contribution in [0.5, 0.6) is 0 Å². The zero-order valence-corrected chi connectivity index (χ0v) is 16.8. The van der Waals surface area contributed by atoms with Crippen molar-refractivity contribution in [2.24, 2.45) is 0 Å². The lowest BCUT2D eigenvalue weighted by atomic mass is 10.2. The lowest BCUT2D eigenvalue weighted by Crippen LogP contribution is -3.14. The molecule has 4 rings (SSSR count). The Morgan fingerprint density at radius 1 is 1.19 bits per heavy atom. The highest BCUT2D eigenvalue weighted by molar-refractivity contribution is 7.73. The number of nitrogens with zero attached hydrogens (tertiary/aromatic N) is 5. The number of hydrogen-bond acceptors (Lipinski definition) is 7. The minimum absolute atomic E-state index is 0.786. The molecule has 0 spiro atoms. The summed E-state index contributed by atoms with van der Waals surface area (Å²) in [5.74, 6) is 0.812. The molecule has 140 valence electrons. The molecule has 3 heterocycles. The molecule has 0 unspecified atom stereocenters. The van der Waals surface area contributed by atoms with Gasteiger partial charge >= 0.3 is 0 Å².